The first-order valence-corrected chi connectivity index (χ1v) is 8.94. The van der Waals surface area contributed by atoms with Crippen LogP contribution in [0, 0.1) is 0 Å². The van der Waals surface area contributed by atoms with E-state index in [2.05, 4.69) is 21.0 Å². The van der Waals surface area contributed by atoms with Crippen molar-refractivity contribution in [3.05, 3.63) is 65.0 Å². The maximum absolute atomic E-state index is 5.95. The molecule has 0 spiro atoms. The summed E-state index contributed by atoms with van der Waals surface area (Å²) in [6.45, 7) is 2.60. The van der Waals surface area contributed by atoms with Crippen molar-refractivity contribution in [2.24, 2.45) is 0 Å². The van der Waals surface area contributed by atoms with Gasteiger partial charge in [-0.15, -0.1) is 0 Å². The molecule has 1 fully saturated rings. The van der Waals surface area contributed by atoms with Gasteiger partial charge in [-0.3, -0.25) is 0 Å². The number of hydrogen-bond donors (Lipinski definition) is 2. The summed E-state index contributed by atoms with van der Waals surface area (Å²) < 4.78 is 10.9. The van der Waals surface area contributed by atoms with Crippen molar-refractivity contribution in [2.45, 2.75) is 25.4 Å². The Morgan fingerprint density at radius 3 is 2.54 bits per heavy atom. The summed E-state index contributed by atoms with van der Waals surface area (Å²) in [5.41, 5.74) is 8.56. The van der Waals surface area contributed by atoms with Crippen molar-refractivity contribution in [1.29, 1.82) is 0 Å². The first kappa shape index (κ1) is 17.0. The fourth-order valence-electron chi connectivity index (χ4n) is 2.99. The second-order valence-corrected chi connectivity index (χ2v) is 6.53. The predicted octanol–water partition coefficient (Wildman–Crippen LogP) is 4.07. The van der Waals surface area contributed by atoms with E-state index in [1.54, 1.807) is 0 Å². The second-order valence-electron chi connectivity index (χ2n) is 6.09. The fraction of sp³-hybridized carbons (Fsp3) is 0.263. The van der Waals surface area contributed by atoms with Crippen LogP contribution in [0.15, 0.2) is 53.1 Å². The maximum Gasteiger partial charge on any atom is 0.245 e. The lowest BCUT2D eigenvalue weighted by Gasteiger charge is -2.08. The molecule has 0 bridgehead atoms. The quantitative estimate of drug-likeness (QED) is 0.705. The Labute approximate surface area is 156 Å². The molecule has 26 heavy (non-hydrogen) atoms. The van der Waals surface area contributed by atoms with Gasteiger partial charge in [0.25, 0.3) is 0 Å². The Hall–Kier alpha value is -2.41. The molecule has 2 N–H and O–H groups in total. The maximum atomic E-state index is 5.95. The van der Waals surface area contributed by atoms with E-state index in [-0.39, 0.29) is 12.1 Å². The molecular weight excluding hydrogens is 352 g/mol. The van der Waals surface area contributed by atoms with Gasteiger partial charge in [-0.25, -0.2) is 10.9 Å². The fourth-order valence-corrected chi connectivity index (χ4v) is 3.12. The molecule has 2 aromatic carbocycles. The van der Waals surface area contributed by atoms with Gasteiger partial charge in [0, 0.05) is 16.6 Å². The van der Waals surface area contributed by atoms with Crippen LogP contribution in [0.4, 0.5) is 0 Å². The van der Waals surface area contributed by atoms with Gasteiger partial charge in [0.2, 0.25) is 11.7 Å². The molecular formula is C19H19ClN4O2. The molecule has 0 amide bonds. The molecule has 0 saturated carbocycles. The summed E-state index contributed by atoms with van der Waals surface area (Å²) in [6.07, 6.45) is 0.812. The van der Waals surface area contributed by atoms with Crippen molar-refractivity contribution in [2.75, 3.05) is 6.61 Å². The summed E-state index contributed by atoms with van der Waals surface area (Å²) in [4.78, 5) is 4.54. The number of rotatable bonds is 5. The lowest BCUT2D eigenvalue weighted by Crippen LogP contribution is -2.26. The zero-order valence-corrected chi connectivity index (χ0v) is 15.0. The molecule has 134 valence electrons. The third-order valence-corrected chi connectivity index (χ3v) is 4.59. The van der Waals surface area contributed by atoms with Crippen molar-refractivity contribution >= 4 is 11.6 Å². The minimum atomic E-state index is -0.0420. The van der Waals surface area contributed by atoms with Crippen molar-refractivity contribution in [3.63, 3.8) is 0 Å². The molecule has 1 aliphatic heterocycles. The van der Waals surface area contributed by atoms with Crippen molar-refractivity contribution in [1.82, 2.24) is 21.0 Å². The minimum absolute atomic E-state index is 0.0420. The molecule has 2 atom stereocenters. The lowest BCUT2D eigenvalue weighted by atomic mass is 10.0. The average Bonchev–Trinajstić information content (AvgIpc) is 3.33. The zero-order chi connectivity index (χ0) is 17.9. The molecule has 0 aliphatic carbocycles. The van der Waals surface area contributed by atoms with Gasteiger partial charge in [-0.05, 0) is 55.3 Å². The van der Waals surface area contributed by atoms with Crippen LogP contribution in [0.5, 0.6) is 5.75 Å². The van der Waals surface area contributed by atoms with Crippen LogP contribution in [0.25, 0.3) is 11.4 Å². The molecule has 1 saturated heterocycles. The van der Waals surface area contributed by atoms with Crippen molar-refractivity contribution < 1.29 is 9.26 Å². The third kappa shape index (κ3) is 3.58. The van der Waals surface area contributed by atoms with Crippen LogP contribution < -0.4 is 15.6 Å². The number of ether oxygens (including phenoxy) is 1. The molecule has 4 rings (SSSR count). The van der Waals surface area contributed by atoms with Crippen LogP contribution in [0.3, 0.4) is 0 Å². The molecule has 6 nitrogen and oxygen atoms in total. The number of aromatic nitrogens is 2. The Bertz CT molecular complexity index is 864. The zero-order valence-electron chi connectivity index (χ0n) is 14.3. The standard InChI is InChI=1S/C19H19ClN4O2/c1-2-25-15-9-5-13(6-10-15)18-21-19(26-24-18)17-11-16(22-23-17)12-3-7-14(20)8-4-12/h3-10,16-17,22-23H,2,11H2,1H3. The van der Waals surface area contributed by atoms with Gasteiger partial charge in [-0.1, -0.05) is 28.9 Å². The van der Waals surface area contributed by atoms with Gasteiger partial charge in [0.05, 0.1) is 6.61 Å². The normalized spacial score (nSPS) is 19.6. The summed E-state index contributed by atoms with van der Waals surface area (Å²) in [5.74, 6) is 1.96. The van der Waals surface area contributed by atoms with Gasteiger partial charge >= 0.3 is 0 Å². The van der Waals surface area contributed by atoms with E-state index in [4.69, 9.17) is 20.9 Å². The van der Waals surface area contributed by atoms with E-state index in [0.29, 0.717) is 18.3 Å². The number of nitrogens with zero attached hydrogens (tertiary/aromatic N) is 2. The lowest BCUT2D eigenvalue weighted by molar-refractivity contribution is 0.339. The average molecular weight is 371 g/mol. The molecule has 7 heteroatoms. The largest absolute Gasteiger partial charge is 0.494 e. The topological polar surface area (TPSA) is 72.2 Å². The Kier molecular flexibility index (Phi) is 4.88. The predicted molar refractivity (Wildman–Crippen MR) is 98.7 cm³/mol. The SMILES string of the molecule is CCOc1ccc(-c2noc(C3CC(c4ccc(Cl)cc4)NN3)n2)cc1. The monoisotopic (exact) mass is 370 g/mol. The Morgan fingerprint density at radius 2 is 1.81 bits per heavy atom. The van der Waals surface area contributed by atoms with Crippen LogP contribution in [0.2, 0.25) is 5.02 Å². The Morgan fingerprint density at radius 1 is 1.08 bits per heavy atom. The molecule has 1 aromatic heterocycles. The summed E-state index contributed by atoms with van der Waals surface area (Å²) in [5, 5.41) is 4.83. The minimum Gasteiger partial charge on any atom is -0.494 e. The van der Waals surface area contributed by atoms with Crippen LogP contribution in [-0.4, -0.2) is 16.7 Å². The van der Waals surface area contributed by atoms with Gasteiger partial charge in [-0.2, -0.15) is 4.98 Å². The molecule has 1 aliphatic rings. The molecule has 2 heterocycles. The van der Waals surface area contributed by atoms with E-state index in [1.165, 1.54) is 0 Å². The first-order valence-electron chi connectivity index (χ1n) is 8.56. The van der Waals surface area contributed by atoms with E-state index < -0.39 is 0 Å². The van der Waals surface area contributed by atoms with Crippen LogP contribution in [-0.2, 0) is 0 Å². The third-order valence-electron chi connectivity index (χ3n) is 4.34. The summed E-state index contributed by atoms with van der Waals surface area (Å²) >= 11 is 5.95. The highest BCUT2D eigenvalue weighted by Gasteiger charge is 2.30. The summed E-state index contributed by atoms with van der Waals surface area (Å²) in [7, 11) is 0. The number of nitrogens with one attached hydrogen (secondary N) is 2. The summed E-state index contributed by atoms with van der Waals surface area (Å²) in [6, 6.07) is 15.6. The Balaban J connectivity index is 1.45. The first-order chi connectivity index (χ1) is 12.7. The molecule has 2 unspecified atom stereocenters. The van der Waals surface area contributed by atoms with Crippen LogP contribution in [0.1, 0.15) is 36.9 Å². The molecule has 3 aromatic rings. The van der Waals surface area contributed by atoms with E-state index >= 15 is 0 Å². The van der Waals surface area contributed by atoms with Crippen LogP contribution >= 0.6 is 11.6 Å². The molecule has 0 radical (unpaired) electrons. The second kappa shape index (κ2) is 7.45. The highest BCUT2D eigenvalue weighted by molar-refractivity contribution is 6.30. The smallest absolute Gasteiger partial charge is 0.245 e. The van der Waals surface area contributed by atoms with Crippen molar-refractivity contribution in [3.8, 4) is 17.1 Å². The highest BCUT2D eigenvalue weighted by atomic mass is 35.5. The van der Waals surface area contributed by atoms with Gasteiger partial charge in [0.15, 0.2) is 0 Å². The highest BCUT2D eigenvalue weighted by Crippen LogP contribution is 2.31. The number of benzene rings is 2. The van der Waals surface area contributed by atoms with Gasteiger partial charge in [0.1, 0.15) is 11.8 Å². The number of halogens is 1. The van der Waals surface area contributed by atoms with Gasteiger partial charge < -0.3 is 9.26 Å². The van der Waals surface area contributed by atoms with E-state index in [1.807, 2.05) is 55.5 Å². The number of hydrogen-bond acceptors (Lipinski definition) is 6. The van der Waals surface area contributed by atoms with E-state index in [0.717, 1.165) is 28.3 Å². The van der Waals surface area contributed by atoms with E-state index in [9.17, 15) is 0 Å². The number of hydrazine groups is 1.